The van der Waals surface area contributed by atoms with E-state index in [0.717, 1.165) is 25.7 Å². The van der Waals surface area contributed by atoms with Crippen molar-refractivity contribution in [2.24, 2.45) is 0 Å². The van der Waals surface area contributed by atoms with Gasteiger partial charge >= 0.3 is 0 Å². The highest BCUT2D eigenvalue weighted by Crippen LogP contribution is 2.41. The van der Waals surface area contributed by atoms with Crippen molar-refractivity contribution in [2.75, 3.05) is 11.5 Å². The molecule has 1 aromatic carbocycles. The van der Waals surface area contributed by atoms with Crippen LogP contribution in [0.5, 0.6) is 5.75 Å². The molecule has 1 aliphatic heterocycles. The third-order valence-electron chi connectivity index (χ3n) is 4.86. The van der Waals surface area contributed by atoms with Crippen molar-refractivity contribution in [1.82, 2.24) is 14.9 Å². The van der Waals surface area contributed by atoms with Gasteiger partial charge in [-0.05, 0) is 31.7 Å². The number of carbonyl (C=O) groups is 1. The van der Waals surface area contributed by atoms with Gasteiger partial charge in [0.1, 0.15) is 10.6 Å². The van der Waals surface area contributed by atoms with Crippen LogP contribution in [0.25, 0.3) is 0 Å². The second-order valence-corrected chi connectivity index (χ2v) is 9.33. The van der Waals surface area contributed by atoms with Gasteiger partial charge in [0.05, 0.1) is 17.3 Å². The minimum Gasteiger partial charge on any atom is -0.482 e. The number of nitrogens with zero attached hydrogens (tertiary/aromatic N) is 3. The summed E-state index contributed by atoms with van der Waals surface area (Å²) in [5, 5.41) is 3.95. The van der Waals surface area contributed by atoms with Gasteiger partial charge in [0.2, 0.25) is 15.9 Å². The average molecular weight is 425 g/mol. The monoisotopic (exact) mass is 424 g/mol. The summed E-state index contributed by atoms with van der Waals surface area (Å²) >= 11 is 6.26. The molecule has 0 bridgehead atoms. The van der Waals surface area contributed by atoms with Gasteiger partial charge in [-0.15, -0.1) is 0 Å². The average Bonchev–Trinajstić information content (AvgIpc) is 3.58. The number of halogens is 1. The number of rotatable bonds is 6. The Morgan fingerprint density at radius 3 is 2.75 bits per heavy atom. The molecule has 11 heteroatoms. The fourth-order valence-corrected chi connectivity index (χ4v) is 4.88. The highest BCUT2D eigenvalue weighted by molar-refractivity contribution is 7.89. The van der Waals surface area contributed by atoms with Crippen LogP contribution < -0.4 is 14.4 Å². The van der Waals surface area contributed by atoms with Crippen LogP contribution in [0.3, 0.4) is 0 Å². The van der Waals surface area contributed by atoms with Gasteiger partial charge < -0.3 is 9.26 Å². The van der Waals surface area contributed by atoms with Crippen molar-refractivity contribution in [3.63, 3.8) is 0 Å². The molecule has 9 nitrogen and oxygen atoms in total. The molecule has 1 amide bonds. The first kappa shape index (κ1) is 17.9. The van der Waals surface area contributed by atoms with Crippen molar-refractivity contribution in [1.29, 1.82) is 0 Å². The fraction of sp³-hybridized carbons (Fsp3) is 0.471. The predicted octanol–water partition coefficient (Wildman–Crippen LogP) is 1.97. The van der Waals surface area contributed by atoms with E-state index in [1.165, 1.54) is 17.0 Å². The van der Waals surface area contributed by atoms with Crippen LogP contribution in [0.2, 0.25) is 5.02 Å². The number of sulfonamides is 1. The molecule has 148 valence electrons. The van der Waals surface area contributed by atoms with Crippen molar-refractivity contribution in [2.45, 2.75) is 49.1 Å². The lowest BCUT2D eigenvalue weighted by molar-refractivity contribution is -0.121. The minimum absolute atomic E-state index is 0.0157. The summed E-state index contributed by atoms with van der Waals surface area (Å²) in [4.78, 5) is 18.1. The van der Waals surface area contributed by atoms with Crippen LogP contribution in [-0.4, -0.2) is 37.1 Å². The summed E-state index contributed by atoms with van der Waals surface area (Å²) < 4.78 is 38.4. The molecule has 0 atom stereocenters. The van der Waals surface area contributed by atoms with Crippen molar-refractivity contribution < 1.29 is 22.5 Å². The van der Waals surface area contributed by atoms with Crippen LogP contribution in [0.15, 0.2) is 21.6 Å². The third kappa shape index (κ3) is 3.36. The standard InChI is InChI=1S/C17H17ClN4O5S/c18-11-5-12-13(6-14(11)28(24,25)21-10-3-4-10)26-8-16(23)22(12)7-15-19-17(27-20-15)9-1-2-9/h5-6,9-10,21H,1-4,7-8H2. The summed E-state index contributed by atoms with van der Waals surface area (Å²) in [6.07, 6.45) is 3.69. The molecule has 2 saturated carbocycles. The summed E-state index contributed by atoms with van der Waals surface area (Å²) in [7, 11) is -3.76. The zero-order chi connectivity index (χ0) is 19.5. The number of ether oxygens (including phenoxy) is 1. The molecule has 2 fully saturated rings. The van der Waals surface area contributed by atoms with E-state index in [4.69, 9.17) is 20.9 Å². The number of hydrogen-bond acceptors (Lipinski definition) is 7. The quantitative estimate of drug-likeness (QED) is 0.753. The predicted molar refractivity (Wildman–Crippen MR) is 97.8 cm³/mol. The first-order valence-corrected chi connectivity index (χ1v) is 10.9. The summed E-state index contributed by atoms with van der Waals surface area (Å²) in [5.41, 5.74) is 0.379. The number of carbonyl (C=O) groups excluding carboxylic acids is 1. The van der Waals surface area contributed by atoms with E-state index in [1.807, 2.05) is 0 Å². The number of anilines is 1. The molecular weight excluding hydrogens is 408 g/mol. The molecule has 2 aliphatic carbocycles. The molecule has 1 aromatic heterocycles. The van der Waals surface area contributed by atoms with Gasteiger partial charge in [-0.1, -0.05) is 16.8 Å². The fourth-order valence-electron chi connectivity index (χ4n) is 3.04. The van der Waals surface area contributed by atoms with E-state index in [-0.39, 0.29) is 40.8 Å². The largest absolute Gasteiger partial charge is 0.482 e. The molecule has 5 rings (SSSR count). The number of aromatic nitrogens is 2. The summed E-state index contributed by atoms with van der Waals surface area (Å²) in [6, 6.07) is 2.74. The Balaban J connectivity index is 1.46. The van der Waals surface area contributed by atoms with Crippen LogP contribution in [0, 0.1) is 0 Å². The van der Waals surface area contributed by atoms with E-state index in [2.05, 4.69) is 14.9 Å². The van der Waals surface area contributed by atoms with Gasteiger partial charge in [0.15, 0.2) is 12.4 Å². The Bertz CT molecular complexity index is 1060. The number of amides is 1. The first-order valence-electron chi connectivity index (χ1n) is 9.02. The van der Waals surface area contributed by atoms with E-state index < -0.39 is 10.0 Å². The van der Waals surface area contributed by atoms with Crippen molar-refractivity contribution in [3.05, 3.63) is 28.9 Å². The normalized spacial score (nSPS) is 19.5. The topological polar surface area (TPSA) is 115 Å². The maximum atomic E-state index is 12.5. The lowest BCUT2D eigenvalue weighted by Gasteiger charge is -2.29. The Kier molecular flexibility index (Phi) is 4.11. The Hall–Kier alpha value is -2.17. The molecule has 1 N–H and O–H groups in total. The lowest BCUT2D eigenvalue weighted by atomic mass is 10.2. The van der Waals surface area contributed by atoms with Crippen LogP contribution >= 0.6 is 11.6 Å². The number of benzene rings is 1. The molecule has 0 radical (unpaired) electrons. The third-order valence-corrected chi connectivity index (χ3v) is 6.84. The molecule has 28 heavy (non-hydrogen) atoms. The zero-order valence-corrected chi connectivity index (χ0v) is 16.3. The number of fused-ring (bicyclic) bond motifs is 1. The van der Waals surface area contributed by atoms with E-state index in [9.17, 15) is 13.2 Å². The Labute approximate surface area is 166 Å². The van der Waals surface area contributed by atoms with Gasteiger partial charge in [0.25, 0.3) is 5.91 Å². The van der Waals surface area contributed by atoms with E-state index in [0.29, 0.717) is 23.3 Å². The van der Waals surface area contributed by atoms with Gasteiger partial charge in [-0.25, -0.2) is 13.1 Å². The Morgan fingerprint density at radius 2 is 2.04 bits per heavy atom. The molecule has 3 aliphatic rings. The van der Waals surface area contributed by atoms with Crippen LogP contribution in [-0.2, 0) is 21.4 Å². The molecule has 0 unspecified atom stereocenters. The maximum Gasteiger partial charge on any atom is 0.265 e. The van der Waals surface area contributed by atoms with Crippen molar-refractivity contribution in [3.8, 4) is 5.75 Å². The lowest BCUT2D eigenvalue weighted by Crippen LogP contribution is -2.38. The zero-order valence-electron chi connectivity index (χ0n) is 14.7. The highest BCUT2D eigenvalue weighted by atomic mass is 35.5. The first-order chi connectivity index (χ1) is 13.4. The molecule has 2 heterocycles. The van der Waals surface area contributed by atoms with Gasteiger partial charge in [0, 0.05) is 18.0 Å². The molecule has 0 spiro atoms. The van der Waals surface area contributed by atoms with Gasteiger partial charge in [-0.2, -0.15) is 4.98 Å². The molecule has 2 aromatic rings. The van der Waals surface area contributed by atoms with Crippen LogP contribution in [0.4, 0.5) is 5.69 Å². The highest BCUT2D eigenvalue weighted by Gasteiger charge is 2.34. The van der Waals surface area contributed by atoms with E-state index in [1.54, 1.807) is 0 Å². The number of nitrogens with one attached hydrogen (secondary N) is 1. The minimum atomic E-state index is -3.76. The molecular formula is C17H17ClN4O5S. The smallest absolute Gasteiger partial charge is 0.265 e. The maximum absolute atomic E-state index is 12.5. The van der Waals surface area contributed by atoms with E-state index >= 15 is 0 Å². The summed E-state index contributed by atoms with van der Waals surface area (Å²) in [5.74, 6) is 1.25. The summed E-state index contributed by atoms with van der Waals surface area (Å²) in [6.45, 7) is -0.119. The van der Waals surface area contributed by atoms with Gasteiger partial charge in [-0.3, -0.25) is 9.69 Å². The van der Waals surface area contributed by atoms with Crippen LogP contribution in [0.1, 0.15) is 43.3 Å². The SMILES string of the molecule is O=C1COc2cc(S(=O)(=O)NC3CC3)c(Cl)cc2N1Cc1noc(C2CC2)n1. The second-order valence-electron chi connectivity index (χ2n) is 7.24. The molecule has 0 saturated heterocycles. The Morgan fingerprint density at radius 1 is 1.25 bits per heavy atom. The number of hydrogen-bond donors (Lipinski definition) is 1. The van der Waals surface area contributed by atoms with Crippen molar-refractivity contribution >= 4 is 33.2 Å². The second kappa shape index (κ2) is 6.43.